The largest absolute Gasteiger partial charge is 0.444 e. The van der Waals surface area contributed by atoms with Crippen LogP contribution in [0, 0.1) is 0 Å². The Balaban J connectivity index is 3.78. The Morgan fingerprint density at radius 2 is 1.77 bits per heavy atom. The molecule has 0 unspecified atom stereocenters. The van der Waals surface area contributed by atoms with E-state index in [9.17, 15) is 9.90 Å². The monoisotopic (exact) mass is 189 g/mol. The van der Waals surface area contributed by atoms with Gasteiger partial charge in [0.05, 0.1) is 5.60 Å². The molecule has 0 fully saturated rings. The number of amides is 1. The Labute approximate surface area is 79.3 Å². The molecule has 0 aliphatic rings. The maximum atomic E-state index is 11.1. The third-order valence-electron chi connectivity index (χ3n) is 1.06. The van der Waals surface area contributed by atoms with Crippen molar-refractivity contribution in [1.29, 1.82) is 0 Å². The maximum Gasteiger partial charge on any atom is 0.407 e. The molecule has 0 aromatic heterocycles. The van der Waals surface area contributed by atoms with Crippen molar-refractivity contribution in [3.05, 3.63) is 0 Å². The number of carbonyl (C=O) groups excluding carboxylic acids is 1. The molecule has 2 N–H and O–H groups in total. The van der Waals surface area contributed by atoms with E-state index < -0.39 is 17.3 Å². The highest BCUT2D eigenvalue weighted by Crippen LogP contribution is 2.06. The first kappa shape index (κ1) is 12.2. The maximum absolute atomic E-state index is 11.1. The fraction of sp³-hybridized carbons (Fsp3) is 0.889. The fourth-order valence-corrected chi connectivity index (χ4v) is 0.603. The molecule has 4 nitrogen and oxygen atoms in total. The second kappa shape index (κ2) is 3.96. The Hall–Kier alpha value is -0.770. The Morgan fingerprint density at radius 3 is 2.08 bits per heavy atom. The summed E-state index contributed by atoms with van der Waals surface area (Å²) in [4.78, 5) is 11.1. The average molecular weight is 189 g/mol. The minimum atomic E-state index is -0.906. The molecule has 0 spiro atoms. The molecule has 0 aliphatic heterocycles. The van der Waals surface area contributed by atoms with Gasteiger partial charge >= 0.3 is 6.09 Å². The molecule has 4 heteroatoms. The smallest absolute Gasteiger partial charge is 0.407 e. The minimum absolute atomic E-state index is 0.182. The summed E-state index contributed by atoms with van der Waals surface area (Å²) in [6, 6.07) is 0. The molecule has 78 valence electrons. The van der Waals surface area contributed by atoms with Gasteiger partial charge in [0.25, 0.3) is 0 Å². The number of ether oxygens (including phenoxy) is 1. The molecule has 0 atom stereocenters. The van der Waals surface area contributed by atoms with Crippen LogP contribution in [-0.4, -0.2) is 28.9 Å². The Morgan fingerprint density at radius 1 is 1.31 bits per heavy atom. The molecule has 0 rings (SSSR count). The fourth-order valence-electron chi connectivity index (χ4n) is 0.603. The van der Waals surface area contributed by atoms with E-state index in [1.54, 1.807) is 34.6 Å². The summed E-state index contributed by atoms with van der Waals surface area (Å²) in [5.74, 6) is 0. The number of carbonyl (C=O) groups is 1. The average Bonchev–Trinajstić information content (AvgIpc) is 1.78. The summed E-state index contributed by atoms with van der Waals surface area (Å²) in [5, 5.41) is 11.8. The van der Waals surface area contributed by atoms with Gasteiger partial charge in [0.1, 0.15) is 5.60 Å². The lowest BCUT2D eigenvalue weighted by Gasteiger charge is -2.22. The van der Waals surface area contributed by atoms with Gasteiger partial charge in [-0.1, -0.05) is 0 Å². The Bertz CT molecular complexity index is 176. The van der Waals surface area contributed by atoms with E-state index in [-0.39, 0.29) is 6.54 Å². The lowest BCUT2D eigenvalue weighted by atomic mass is 10.1. The molecule has 0 saturated carbocycles. The van der Waals surface area contributed by atoms with Crippen LogP contribution in [0.5, 0.6) is 0 Å². The van der Waals surface area contributed by atoms with Crippen LogP contribution in [0.15, 0.2) is 0 Å². The van der Waals surface area contributed by atoms with E-state index in [0.717, 1.165) is 0 Å². The summed E-state index contributed by atoms with van der Waals surface area (Å²) in [7, 11) is 0. The van der Waals surface area contributed by atoms with Crippen LogP contribution in [0.4, 0.5) is 4.79 Å². The van der Waals surface area contributed by atoms with Gasteiger partial charge in [-0.05, 0) is 34.6 Å². The van der Waals surface area contributed by atoms with Crippen molar-refractivity contribution in [2.75, 3.05) is 6.54 Å². The zero-order valence-corrected chi connectivity index (χ0v) is 8.97. The lowest BCUT2D eigenvalue weighted by Crippen LogP contribution is -2.40. The number of rotatable bonds is 2. The van der Waals surface area contributed by atoms with Crippen molar-refractivity contribution >= 4 is 6.09 Å². The molecule has 0 bridgehead atoms. The second-order valence-electron chi connectivity index (χ2n) is 4.67. The van der Waals surface area contributed by atoms with Crippen LogP contribution in [0.3, 0.4) is 0 Å². The summed E-state index contributed by atoms with van der Waals surface area (Å²) < 4.78 is 4.97. The van der Waals surface area contributed by atoms with Crippen LogP contribution in [-0.2, 0) is 4.74 Å². The second-order valence-corrected chi connectivity index (χ2v) is 4.67. The van der Waals surface area contributed by atoms with E-state index in [4.69, 9.17) is 4.74 Å². The molecular weight excluding hydrogens is 170 g/mol. The van der Waals surface area contributed by atoms with E-state index in [0.29, 0.717) is 0 Å². The van der Waals surface area contributed by atoms with E-state index in [1.165, 1.54) is 0 Å². The molecule has 0 aromatic carbocycles. The zero-order chi connectivity index (χ0) is 10.7. The molecule has 0 aliphatic carbocycles. The van der Waals surface area contributed by atoms with Crippen molar-refractivity contribution in [2.45, 2.75) is 45.8 Å². The summed E-state index contributed by atoms with van der Waals surface area (Å²) in [6.45, 7) is 8.78. The van der Waals surface area contributed by atoms with Crippen molar-refractivity contribution in [1.82, 2.24) is 5.32 Å². The topological polar surface area (TPSA) is 58.6 Å². The van der Waals surface area contributed by atoms with Gasteiger partial charge in [0.15, 0.2) is 0 Å². The van der Waals surface area contributed by atoms with Crippen molar-refractivity contribution in [3.8, 4) is 0 Å². The van der Waals surface area contributed by atoms with Gasteiger partial charge in [-0.3, -0.25) is 0 Å². The van der Waals surface area contributed by atoms with Gasteiger partial charge in [0.2, 0.25) is 0 Å². The first-order valence-electron chi connectivity index (χ1n) is 4.29. The number of nitrogens with one attached hydrogen (secondary N) is 1. The summed E-state index contributed by atoms with van der Waals surface area (Å²) in [6.07, 6.45) is -0.505. The lowest BCUT2D eigenvalue weighted by molar-refractivity contribution is 0.0393. The van der Waals surface area contributed by atoms with Crippen molar-refractivity contribution < 1.29 is 14.6 Å². The molecule has 1 amide bonds. The van der Waals surface area contributed by atoms with Crippen LogP contribution >= 0.6 is 0 Å². The van der Waals surface area contributed by atoms with E-state index in [2.05, 4.69) is 5.32 Å². The van der Waals surface area contributed by atoms with Gasteiger partial charge in [-0.15, -0.1) is 0 Å². The summed E-state index contributed by atoms with van der Waals surface area (Å²) >= 11 is 0. The molecule has 0 saturated heterocycles. The van der Waals surface area contributed by atoms with Gasteiger partial charge in [-0.25, -0.2) is 4.79 Å². The number of hydrogen-bond acceptors (Lipinski definition) is 3. The first-order valence-corrected chi connectivity index (χ1v) is 4.29. The normalized spacial score (nSPS) is 12.5. The minimum Gasteiger partial charge on any atom is -0.444 e. The van der Waals surface area contributed by atoms with Crippen molar-refractivity contribution in [3.63, 3.8) is 0 Å². The zero-order valence-electron chi connectivity index (χ0n) is 8.97. The Kier molecular flexibility index (Phi) is 3.72. The third-order valence-corrected chi connectivity index (χ3v) is 1.06. The molecule has 0 radical (unpaired) electrons. The van der Waals surface area contributed by atoms with Crippen LogP contribution in [0.1, 0.15) is 34.6 Å². The number of aliphatic hydroxyl groups is 1. The van der Waals surface area contributed by atoms with Crippen LogP contribution in [0.25, 0.3) is 0 Å². The van der Waals surface area contributed by atoms with Crippen LogP contribution in [0.2, 0.25) is 0 Å². The molecule has 13 heavy (non-hydrogen) atoms. The highest BCUT2D eigenvalue weighted by molar-refractivity contribution is 5.67. The third kappa shape index (κ3) is 9.14. The summed E-state index contributed by atoms with van der Waals surface area (Å²) in [5.41, 5.74) is -1.40. The molecule has 0 heterocycles. The number of hydrogen-bond donors (Lipinski definition) is 2. The van der Waals surface area contributed by atoms with Crippen molar-refractivity contribution in [2.24, 2.45) is 0 Å². The standard InChI is InChI=1S/C9H19NO3/c1-8(2,3)13-7(11)10-6-9(4,5)12/h12H,6H2,1-5H3,(H,10,11). The highest BCUT2D eigenvalue weighted by Gasteiger charge is 2.18. The van der Waals surface area contributed by atoms with Gasteiger partial charge in [0, 0.05) is 6.54 Å². The van der Waals surface area contributed by atoms with Gasteiger partial charge in [-0.2, -0.15) is 0 Å². The quantitative estimate of drug-likeness (QED) is 0.688. The predicted octanol–water partition coefficient (Wildman–Crippen LogP) is 1.28. The van der Waals surface area contributed by atoms with E-state index in [1.807, 2.05) is 0 Å². The SMILES string of the molecule is CC(C)(O)CNC(=O)OC(C)(C)C. The van der Waals surface area contributed by atoms with E-state index >= 15 is 0 Å². The predicted molar refractivity (Wildman–Crippen MR) is 50.5 cm³/mol. The number of alkyl carbamates (subject to hydrolysis) is 1. The first-order chi connectivity index (χ1) is 5.60. The molecular formula is C9H19NO3. The van der Waals surface area contributed by atoms with Crippen LogP contribution < -0.4 is 5.32 Å². The molecule has 0 aromatic rings. The van der Waals surface area contributed by atoms with Gasteiger partial charge < -0.3 is 15.2 Å². The highest BCUT2D eigenvalue weighted by atomic mass is 16.6.